The fraction of sp³-hybridized carbons (Fsp3) is 0.632. The summed E-state index contributed by atoms with van der Waals surface area (Å²) in [5.74, 6) is 0.0379. The summed E-state index contributed by atoms with van der Waals surface area (Å²) in [5.41, 5.74) is 3.64. The molecule has 7 unspecified atom stereocenters. The van der Waals surface area contributed by atoms with Gasteiger partial charge in [0.05, 0.1) is 24.8 Å². The number of phosphoric acid groups is 1. The fourth-order valence-corrected chi connectivity index (χ4v) is 9.08. The third-order valence-electron chi connectivity index (χ3n) is 6.46. The molecule has 0 spiro atoms. The standard InChI is InChI=1S/C19H28FN5O13P2S2/c1-2-19(20)14(31)8(42-18(19)25-6-24-9-15(21)22-5-23-16(9)25)4-35-40(34,41)38-39(32,33)37-17-12(30)10(28)11(29)13(36-17)7(27)3-26/h2,5-8,10-14,17-18,26-31H,1,3-4H2,(H,32,33)(H,34,41)(H2,21,22,23)/t7-,8+,10?,11?,12?,13?,14+,17?,18+,19+,40?/m0/s1. The smallest absolute Gasteiger partial charge is 0.394 e. The topological polar surface area (TPSA) is 285 Å². The summed E-state index contributed by atoms with van der Waals surface area (Å²) in [4.78, 5) is 32.5. The summed E-state index contributed by atoms with van der Waals surface area (Å²) >= 11 is 5.57. The number of anilines is 1. The second-order valence-corrected chi connectivity index (χ2v) is 14.9. The first kappa shape index (κ1) is 33.7. The van der Waals surface area contributed by atoms with Gasteiger partial charge in [-0.3, -0.25) is 9.09 Å². The van der Waals surface area contributed by atoms with Crippen LogP contribution in [0.5, 0.6) is 0 Å². The third kappa shape index (κ3) is 6.57. The fourth-order valence-electron chi connectivity index (χ4n) is 4.30. The molecule has 0 saturated carbocycles. The number of nitrogens with zero attached hydrogens (tertiary/aromatic N) is 4. The van der Waals surface area contributed by atoms with Gasteiger partial charge >= 0.3 is 14.5 Å². The lowest BCUT2D eigenvalue weighted by molar-refractivity contribution is -0.292. The van der Waals surface area contributed by atoms with Crippen LogP contribution < -0.4 is 5.73 Å². The molecule has 18 nitrogen and oxygen atoms in total. The number of nitrogens with two attached hydrogens (primary N) is 1. The summed E-state index contributed by atoms with van der Waals surface area (Å²) in [6.07, 6.45) is -10.4. The van der Waals surface area contributed by atoms with Crippen molar-refractivity contribution in [3.8, 4) is 0 Å². The summed E-state index contributed by atoms with van der Waals surface area (Å²) in [6.45, 7) is -2.90. The molecule has 2 aliphatic rings. The molecular weight excluding hydrogens is 651 g/mol. The van der Waals surface area contributed by atoms with Crippen LogP contribution in [0.3, 0.4) is 0 Å². The van der Waals surface area contributed by atoms with Crippen molar-refractivity contribution in [2.45, 2.75) is 59.2 Å². The number of aliphatic hydroxyl groups excluding tert-OH is 6. The summed E-state index contributed by atoms with van der Waals surface area (Å²) in [5, 5.41) is 57.3. The lowest BCUT2D eigenvalue weighted by atomic mass is 9.96. The second kappa shape index (κ2) is 12.6. The molecular formula is C19H28FN5O13P2S2. The number of fused-ring (bicyclic) bond motifs is 1. The number of aromatic nitrogens is 4. The number of imidazole rings is 1. The number of thioether (sulfide) groups is 1. The average molecular weight is 680 g/mol. The van der Waals surface area contributed by atoms with Crippen molar-refractivity contribution in [1.82, 2.24) is 19.5 Å². The molecule has 4 rings (SSSR count). The van der Waals surface area contributed by atoms with E-state index in [0.29, 0.717) is 0 Å². The van der Waals surface area contributed by atoms with E-state index in [1.54, 1.807) is 0 Å². The molecule has 12 atom stereocenters. The molecule has 2 fully saturated rings. The van der Waals surface area contributed by atoms with Crippen LogP contribution >= 0.6 is 26.3 Å². The number of nitrogen functional groups attached to an aromatic ring is 1. The molecule has 42 heavy (non-hydrogen) atoms. The maximum atomic E-state index is 16.0. The minimum absolute atomic E-state index is 0.0379. The van der Waals surface area contributed by atoms with E-state index in [-0.39, 0.29) is 17.0 Å². The minimum atomic E-state index is -5.47. The molecule has 0 bridgehead atoms. The zero-order valence-electron chi connectivity index (χ0n) is 21.1. The van der Waals surface area contributed by atoms with Gasteiger partial charge in [-0.25, -0.2) is 28.2 Å². The number of halogens is 1. The van der Waals surface area contributed by atoms with Crippen LogP contribution in [0.1, 0.15) is 5.37 Å². The van der Waals surface area contributed by atoms with E-state index in [1.807, 2.05) is 0 Å². The number of aliphatic hydroxyl groups is 6. The van der Waals surface area contributed by atoms with Crippen LogP contribution in [0.25, 0.3) is 11.2 Å². The van der Waals surface area contributed by atoms with Gasteiger partial charge in [0, 0.05) is 0 Å². The number of rotatable bonds is 11. The normalized spacial score (nSPS) is 37.3. The number of alkyl halides is 1. The van der Waals surface area contributed by atoms with Crippen LogP contribution in [0, 0.1) is 0 Å². The van der Waals surface area contributed by atoms with Crippen molar-refractivity contribution in [2.75, 3.05) is 18.9 Å². The van der Waals surface area contributed by atoms with Gasteiger partial charge in [-0.05, 0) is 17.9 Å². The molecule has 2 aromatic rings. The Labute approximate surface area is 245 Å². The molecule has 2 aromatic heterocycles. The Balaban J connectivity index is 1.44. The Morgan fingerprint density at radius 2 is 1.95 bits per heavy atom. The van der Waals surface area contributed by atoms with Crippen LogP contribution in [-0.2, 0) is 34.5 Å². The molecule has 2 saturated heterocycles. The molecule has 236 valence electrons. The number of hydrogen-bond acceptors (Lipinski definition) is 17. The van der Waals surface area contributed by atoms with Crippen molar-refractivity contribution < 1.29 is 67.5 Å². The zero-order chi connectivity index (χ0) is 31.2. The highest BCUT2D eigenvalue weighted by atomic mass is 32.5. The van der Waals surface area contributed by atoms with Gasteiger partial charge in [-0.2, -0.15) is 0 Å². The van der Waals surface area contributed by atoms with Crippen molar-refractivity contribution >= 4 is 55.1 Å². The van der Waals surface area contributed by atoms with Gasteiger partial charge in [0.15, 0.2) is 23.4 Å². The van der Waals surface area contributed by atoms with Gasteiger partial charge in [-0.1, -0.05) is 6.58 Å². The summed E-state index contributed by atoms with van der Waals surface area (Å²) < 4.78 is 49.2. The molecule has 0 aliphatic carbocycles. The molecule has 23 heteroatoms. The number of ether oxygens (including phenoxy) is 1. The van der Waals surface area contributed by atoms with Crippen LogP contribution in [0.2, 0.25) is 0 Å². The summed E-state index contributed by atoms with van der Waals surface area (Å²) in [6, 6.07) is 0. The monoisotopic (exact) mass is 679 g/mol. The van der Waals surface area contributed by atoms with Crippen LogP contribution in [0.4, 0.5) is 10.2 Å². The highest BCUT2D eigenvalue weighted by molar-refractivity contribution is 8.08. The maximum Gasteiger partial charge on any atom is 0.481 e. The van der Waals surface area contributed by atoms with Crippen LogP contribution in [-0.4, -0.2) is 127 Å². The Bertz CT molecular complexity index is 1400. The van der Waals surface area contributed by atoms with Crippen LogP contribution in [0.15, 0.2) is 25.3 Å². The van der Waals surface area contributed by atoms with E-state index in [9.17, 15) is 39.9 Å². The molecule has 0 aromatic carbocycles. The zero-order valence-corrected chi connectivity index (χ0v) is 24.5. The SMILES string of the molecule is C=C[C@@]1(F)[C@H](O)[C@@H](COP(O)(=S)OP(=O)(O)OC2OC([C@@H](O)CO)C(O)C(O)C2O)S[C@H]1n1cnc2c(N)ncnc21. The Hall–Kier alpha value is -1.23. The first-order chi connectivity index (χ1) is 19.5. The Kier molecular flexibility index (Phi) is 10.1. The van der Waals surface area contributed by atoms with Gasteiger partial charge < -0.3 is 55.4 Å². The quantitative estimate of drug-likeness (QED) is 0.0900. The maximum absolute atomic E-state index is 16.0. The van der Waals surface area contributed by atoms with Gasteiger partial charge in [-0.15, -0.1) is 11.8 Å². The van der Waals surface area contributed by atoms with E-state index in [2.05, 4.69) is 30.4 Å². The largest absolute Gasteiger partial charge is 0.481 e. The van der Waals surface area contributed by atoms with Gasteiger partial charge in [0.1, 0.15) is 53.8 Å². The lowest BCUT2D eigenvalue weighted by Gasteiger charge is -2.41. The lowest BCUT2D eigenvalue weighted by Crippen LogP contribution is -2.61. The van der Waals surface area contributed by atoms with E-state index in [1.165, 1.54) is 10.9 Å². The van der Waals surface area contributed by atoms with E-state index >= 15 is 4.39 Å². The summed E-state index contributed by atoms with van der Waals surface area (Å²) in [7, 11) is -5.47. The molecule has 0 radical (unpaired) electrons. The third-order valence-corrected chi connectivity index (χ3v) is 11.6. The first-order valence-corrected chi connectivity index (χ1v) is 16.9. The Morgan fingerprint density at radius 1 is 1.26 bits per heavy atom. The molecule has 0 amide bonds. The van der Waals surface area contributed by atoms with E-state index < -0.39 is 87.0 Å². The number of hydrogen-bond donors (Lipinski definition) is 9. The van der Waals surface area contributed by atoms with Crippen molar-refractivity contribution in [1.29, 1.82) is 0 Å². The highest BCUT2D eigenvalue weighted by Gasteiger charge is 2.57. The average Bonchev–Trinajstić information content (AvgIpc) is 3.46. The van der Waals surface area contributed by atoms with Crippen molar-refractivity contribution in [2.24, 2.45) is 0 Å². The first-order valence-electron chi connectivity index (χ1n) is 11.8. The van der Waals surface area contributed by atoms with Gasteiger partial charge in [0.25, 0.3) is 0 Å². The molecule has 2 aliphatic heterocycles. The minimum Gasteiger partial charge on any atom is -0.394 e. The van der Waals surface area contributed by atoms with E-state index in [4.69, 9.17) is 31.9 Å². The Morgan fingerprint density at radius 3 is 2.60 bits per heavy atom. The second-order valence-electron chi connectivity index (χ2n) is 9.20. The predicted molar refractivity (Wildman–Crippen MR) is 144 cm³/mol. The van der Waals surface area contributed by atoms with Crippen molar-refractivity contribution in [3.63, 3.8) is 0 Å². The highest BCUT2D eigenvalue weighted by Crippen LogP contribution is 2.62. The number of phosphoric ester groups is 1. The van der Waals surface area contributed by atoms with Crippen molar-refractivity contribution in [3.05, 3.63) is 25.3 Å². The van der Waals surface area contributed by atoms with E-state index in [0.717, 1.165) is 24.2 Å². The predicted octanol–water partition coefficient (Wildman–Crippen LogP) is -2.19. The van der Waals surface area contributed by atoms with Gasteiger partial charge in [0.2, 0.25) is 0 Å². The molecule has 4 heterocycles. The molecule has 10 N–H and O–H groups in total.